The third-order valence-electron chi connectivity index (χ3n) is 4.18. The minimum Gasteiger partial charge on any atom is -0.379 e. The zero-order chi connectivity index (χ0) is 18.6. The van der Waals surface area contributed by atoms with E-state index in [4.69, 9.17) is 4.74 Å². The monoisotopic (exact) mass is 397 g/mol. The number of hydrogen-bond acceptors (Lipinski definition) is 7. The summed E-state index contributed by atoms with van der Waals surface area (Å²) in [5.74, 6) is 0. The topological polar surface area (TPSA) is 102 Å². The number of para-hydroxylation sites is 1. The summed E-state index contributed by atoms with van der Waals surface area (Å²) in [6, 6.07) is 9.09. The van der Waals surface area contributed by atoms with Gasteiger partial charge >= 0.3 is 0 Å². The summed E-state index contributed by atoms with van der Waals surface area (Å²) < 4.78 is 33.2. The molecule has 1 aliphatic rings. The minimum absolute atomic E-state index is 0.134. The molecule has 0 bridgehead atoms. The van der Waals surface area contributed by atoms with Crippen LogP contribution in [0.1, 0.15) is 10.9 Å². The van der Waals surface area contributed by atoms with Gasteiger partial charge in [-0.2, -0.15) is 0 Å². The van der Waals surface area contributed by atoms with Crippen molar-refractivity contribution in [3.63, 3.8) is 0 Å². The molecule has 0 spiro atoms. The number of benzene rings is 1. The van der Waals surface area contributed by atoms with Gasteiger partial charge in [-0.15, -0.1) is 11.3 Å². The standard InChI is InChI=1S/C16H19N3O5S2/c20-19(21)13-4-1-2-6-16(13)26(22,23)17-12-14(15-5-3-11-25-15)18-7-9-24-10-8-18/h1-6,11,14,17H,7-10,12H2/t14-/m1/s1. The lowest BCUT2D eigenvalue weighted by Crippen LogP contribution is -2.43. The van der Waals surface area contributed by atoms with Gasteiger partial charge in [0.2, 0.25) is 10.0 Å². The van der Waals surface area contributed by atoms with Crippen molar-refractivity contribution in [3.8, 4) is 0 Å². The first-order valence-corrected chi connectivity index (χ1v) is 10.4. The largest absolute Gasteiger partial charge is 0.379 e. The zero-order valence-corrected chi connectivity index (χ0v) is 15.5. The molecule has 2 heterocycles. The number of thiophene rings is 1. The molecule has 1 atom stereocenters. The fraction of sp³-hybridized carbons (Fsp3) is 0.375. The molecule has 1 aliphatic heterocycles. The first-order chi connectivity index (χ1) is 12.5. The second-order valence-electron chi connectivity index (χ2n) is 5.76. The number of nitrogens with one attached hydrogen (secondary N) is 1. The Hall–Kier alpha value is -1.85. The summed E-state index contributed by atoms with van der Waals surface area (Å²) in [6.45, 7) is 2.73. The molecule has 1 aromatic carbocycles. The van der Waals surface area contributed by atoms with E-state index in [2.05, 4.69) is 9.62 Å². The average Bonchev–Trinajstić information content (AvgIpc) is 3.17. The highest BCUT2D eigenvalue weighted by Crippen LogP contribution is 2.27. The first kappa shape index (κ1) is 18.9. The van der Waals surface area contributed by atoms with Crippen molar-refractivity contribution in [2.75, 3.05) is 32.8 Å². The van der Waals surface area contributed by atoms with Crippen molar-refractivity contribution in [1.29, 1.82) is 0 Å². The Kier molecular flexibility index (Phi) is 5.99. The van der Waals surface area contributed by atoms with Gasteiger partial charge in [-0.1, -0.05) is 18.2 Å². The second-order valence-corrected chi connectivity index (χ2v) is 8.47. The Morgan fingerprint density at radius 2 is 1.96 bits per heavy atom. The summed E-state index contributed by atoms with van der Waals surface area (Å²) in [6.07, 6.45) is 0. The van der Waals surface area contributed by atoms with Crippen LogP contribution in [0.25, 0.3) is 0 Å². The molecule has 1 saturated heterocycles. The van der Waals surface area contributed by atoms with Crippen LogP contribution in [0.15, 0.2) is 46.7 Å². The Bertz CT molecular complexity index is 849. The van der Waals surface area contributed by atoms with Crippen LogP contribution < -0.4 is 4.72 Å². The van der Waals surface area contributed by atoms with Gasteiger partial charge in [-0.05, 0) is 17.5 Å². The number of hydrogen-bond donors (Lipinski definition) is 1. The highest BCUT2D eigenvalue weighted by atomic mass is 32.2. The highest BCUT2D eigenvalue weighted by molar-refractivity contribution is 7.89. The molecule has 3 rings (SSSR count). The molecule has 1 aromatic heterocycles. The van der Waals surface area contributed by atoms with Gasteiger partial charge in [0, 0.05) is 30.6 Å². The molecule has 0 saturated carbocycles. The van der Waals surface area contributed by atoms with E-state index in [0.29, 0.717) is 26.3 Å². The maximum Gasteiger partial charge on any atom is 0.289 e. The summed E-state index contributed by atoms with van der Waals surface area (Å²) >= 11 is 1.55. The quantitative estimate of drug-likeness (QED) is 0.566. The van der Waals surface area contributed by atoms with Crippen molar-refractivity contribution in [2.24, 2.45) is 0 Å². The van der Waals surface area contributed by atoms with E-state index in [9.17, 15) is 18.5 Å². The zero-order valence-electron chi connectivity index (χ0n) is 13.9. The fourth-order valence-electron chi connectivity index (χ4n) is 2.88. The van der Waals surface area contributed by atoms with E-state index in [1.165, 1.54) is 24.3 Å². The molecule has 26 heavy (non-hydrogen) atoms. The van der Waals surface area contributed by atoms with E-state index in [-0.39, 0.29) is 17.5 Å². The summed E-state index contributed by atoms with van der Waals surface area (Å²) in [5.41, 5.74) is -0.431. The van der Waals surface area contributed by atoms with Crippen LogP contribution in [-0.2, 0) is 14.8 Å². The van der Waals surface area contributed by atoms with E-state index in [1.54, 1.807) is 11.3 Å². The van der Waals surface area contributed by atoms with Gasteiger partial charge in [0.1, 0.15) is 0 Å². The van der Waals surface area contributed by atoms with Gasteiger partial charge in [-0.3, -0.25) is 15.0 Å². The Labute approximate surface area is 155 Å². The van der Waals surface area contributed by atoms with Crippen molar-refractivity contribution >= 4 is 27.0 Å². The normalized spacial score (nSPS) is 17.1. The van der Waals surface area contributed by atoms with Gasteiger partial charge in [0.25, 0.3) is 5.69 Å². The minimum atomic E-state index is -4.01. The smallest absolute Gasteiger partial charge is 0.289 e. The third kappa shape index (κ3) is 4.27. The van der Waals surface area contributed by atoms with E-state index in [1.807, 2.05) is 17.5 Å². The molecular weight excluding hydrogens is 378 g/mol. The molecule has 8 nitrogen and oxygen atoms in total. The molecule has 1 fully saturated rings. The van der Waals surface area contributed by atoms with Crippen molar-refractivity contribution in [3.05, 3.63) is 56.8 Å². The molecule has 0 aliphatic carbocycles. The average molecular weight is 397 g/mol. The molecule has 140 valence electrons. The first-order valence-electron chi connectivity index (χ1n) is 8.07. The number of nitrogens with zero attached hydrogens (tertiary/aromatic N) is 2. The van der Waals surface area contributed by atoms with Crippen LogP contribution in [-0.4, -0.2) is 51.1 Å². The van der Waals surface area contributed by atoms with E-state index < -0.39 is 20.6 Å². The molecule has 2 aromatic rings. The molecule has 1 N–H and O–H groups in total. The number of ether oxygens (including phenoxy) is 1. The van der Waals surface area contributed by atoms with Crippen LogP contribution in [0.4, 0.5) is 5.69 Å². The van der Waals surface area contributed by atoms with Crippen molar-refractivity contribution in [2.45, 2.75) is 10.9 Å². The van der Waals surface area contributed by atoms with Gasteiger partial charge < -0.3 is 4.74 Å². The third-order valence-corrected chi connectivity index (χ3v) is 6.62. The van der Waals surface area contributed by atoms with Crippen LogP contribution >= 0.6 is 11.3 Å². The SMILES string of the molecule is O=[N+]([O-])c1ccccc1S(=O)(=O)NC[C@H](c1cccs1)N1CCOCC1. The highest BCUT2D eigenvalue weighted by Gasteiger charge is 2.29. The van der Waals surface area contributed by atoms with E-state index in [0.717, 1.165) is 4.88 Å². The number of nitro benzene ring substituents is 1. The summed E-state index contributed by atoms with van der Waals surface area (Å²) in [7, 11) is -4.01. The molecular formula is C16H19N3O5S2. The summed E-state index contributed by atoms with van der Waals surface area (Å²) in [4.78, 5) is 13.3. The Morgan fingerprint density at radius 3 is 2.62 bits per heavy atom. The maximum absolute atomic E-state index is 12.7. The Balaban J connectivity index is 1.81. The van der Waals surface area contributed by atoms with E-state index >= 15 is 0 Å². The van der Waals surface area contributed by atoms with Gasteiger partial charge in [-0.25, -0.2) is 13.1 Å². The van der Waals surface area contributed by atoms with Gasteiger partial charge in [0.05, 0.1) is 24.2 Å². The molecule has 0 amide bonds. The second kappa shape index (κ2) is 8.23. The van der Waals surface area contributed by atoms with Crippen LogP contribution in [0.3, 0.4) is 0 Å². The maximum atomic E-state index is 12.7. The lowest BCUT2D eigenvalue weighted by Gasteiger charge is -2.34. The fourth-order valence-corrected chi connectivity index (χ4v) is 4.95. The molecule has 0 radical (unpaired) electrons. The number of morpholine rings is 1. The van der Waals surface area contributed by atoms with Gasteiger partial charge in [0.15, 0.2) is 4.90 Å². The lowest BCUT2D eigenvalue weighted by molar-refractivity contribution is -0.387. The number of rotatable bonds is 7. The number of sulfonamides is 1. The van der Waals surface area contributed by atoms with Crippen LogP contribution in [0, 0.1) is 10.1 Å². The van der Waals surface area contributed by atoms with Crippen molar-refractivity contribution < 1.29 is 18.1 Å². The molecule has 0 unspecified atom stereocenters. The van der Waals surface area contributed by atoms with Crippen molar-refractivity contribution in [1.82, 2.24) is 9.62 Å². The lowest BCUT2D eigenvalue weighted by atomic mass is 10.2. The number of nitro groups is 1. The predicted octanol–water partition coefficient (Wildman–Crippen LogP) is 2.01. The van der Waals surface area contributed by atoms with Crippen LogP contribution in [0.2, 0.25) is 0 Å². The summed E-state index contributed by atoms with van der Waals surface area (Å²) in [5, 5.41) is 13.1. The Morgan fingerprint density at radius 1 is 1.23 bits per heavy atom. The molecule has 10 heteroatoms. The predicted molar refractivity (Wildman–Crippen MR) is 97.7 cm³/mol. The van der Waals surface area contributed by atoms with Crippen LogP contribution in [0.5, 0.6) is 0 Å².